The van der Waals surface area contributed by atoms with Gasteiger partial charge < -0.3 is 0 Å². The van der Waals surface area contributed by atoms with Crippen molar-refractivity contribution in [2.75, 3.05) is 0 Å². The van der Waals surface area contributed by atoms with Crippen LogP contribution in [0.3, 0.4) is 0 Å². The van der Waals surface area contributed by atoms with Crippen LogP contribution in [0.2, 0.25) is 0 Å². The summed E-state index contributed by atoms with van der Waals surface area (Å²) in [6.07, 6.45) is 4.42. The highest BCUT2D eigenvalue weighted by Gasteiger charge is 2.26. The van der Waals surface area contributed by atoms with E-state index in [1.54, 1.807) is 4.57 Å². The summed E-state index contributed by atoms with van der Waals surface area (Å²) >= 11 is 1.48. The van der Waals surface area contributed by atoms with Crippen molar-refractivity contribution in [2.24, 2.45) is 0 Å². The van der Waals surface area contributed by atoms with Gasteiger partial charge in [-0.05, 0) is 31.4 Å². The van der Waals surface area contributed by atoms with Crippen molar-refractivity contribution in [3.8, 4) is 0 Å². The van der Waals surface area contributed by atoms with Gasteiger partial charge in [-0.25, -0.2) is 0 Å². The first-order valence-electron chi connectivity index (χ1n) is 8.76. The molecule has 2 heterocycles. The molecule has 0 amide bonds. The number of benzene rings is 1. The van der Waals surface area contributed by atoms with Gasteiger partial charge in [0, 0.05) is 13.0 Å². The number of aromatic nitrogens is 4. The van der Waals surface area contributed by atoms with Gasteiger partial charge in [-0.2, -0.15) is 0 Å². The van der Waals surface area contributed by atoms with Crippen molar-refractivity contribution in [1.82, 2.24) is 19.2 Å². The summed E-state index contributed by atoms with van der Waals surface area (Å²) in [6.45, 7) is 2.63. The molecule has 0 aliphatic heterocycles. The predicted octanol–water partition coefficient (Wildman–Crippen LogP) is 3.06. The minimum Gasteiger partial charge on any atom is -0.298 e. The van der Waals surface area contributed by atoms with Crippen molar-refractivity contribution in [3.05, 3.63) is 34.6 Å². The van der Waals surface area contributed by atoms with Crippen LogP contribution < -0.4 is 5.56 Å². The van der Waals surface area contributed by atoms with E-state index in [4.69, 9.17) is 0 Å². The zero-order valence-electron chi connectivity index (χ0n) is 14.1. The highest BCUT2D eigenvalue weighted by molar-refractivity contribution is 8.00. The summed E-state index contributed by atoms with van der Waals surface area (Å²) in [5.41, 5.74) is 0.758. The second-order valence-corrected chi connectivity index (χ2v) is 7.58. The summed E-state index contributed by atoms with van der Waals surface area (Å²) < 4.78 is 3.61. The lowest BCUT2D eigenvalue weighted by Crippen LogP contribution is -2.24. The van der Waals surface area contributed by atoms with Gasteiger partial charge in [-0.1, -0.05) is 37.2 Å². The minimum absolute atomic E-state index is 0.0392. The quantitative estimate of drug-likeness (QED) is 0.719. The van der Waals surface area contributed by atoms with E-state index < -0.39 is 0 Å². The van der Waals surface area contributed by atoms with Gasteiger partial charge in [0.25, 0.3) is 5.56 Å². The Labute approximate surface area is 149 Å². The van der Waals surface area contributed by atoms with Gasteiger partial charge in [-0.15, -0.1) is 10.2 Å². The topological polar surface area (TPSA) is 69.3 Å². The fourth-order valence-electron chi connectivity index (χ4n) is 3.44. The normalized spacial score (nSPS) is 18.3. The van der Waals surface area contributed by atoms with E-state index in [-0.39, 0.29) is 10.8 Å². The zero-order valence-corrected chi connectivity index (χ0v) is 15.0. The van der Waals surface area contributed by atoms with Gasteiger partial charge in [0.05, 0.1) is 16.2 Å². The summed E-state index contributed by atoms with van der Waals surface area (Å²) in [6, 6.07) is 7.53. The number of carbonyl (C=O) groups is 1. The fourth-order valence-corrected chi connectivity index (χ4v) is 4.60. The number of ketones is 1. The Morgan fingerprint density at radius 3 is 2.84 bits per heavy atom. The van der Waals surface area contributed by atoms with Gasteiger partial charge in [0.2, 0.25) is 5.78 Å². The molecule has 3 aromatic rings. The molecule has 0 N–H and O–H groups in total. The van der Waals surface area contributed by atoms with Crippen LogP contribution in [0.1, 0.15) is 39.0 Å². The van der Waals surface area contributed by atoms with E-state index in [0.29, 0.717) is 35.1 Å². The SMILES string of the molecule is CCCn1c(=O)c2ccccc2n2c(S[C@@H]3CCCCC3=O)nnc12. The van der Waals surface area contributed by atoms with Crippen LogP contribution >= 0.6 is 11.8 Å². The molecule has 7 heteroatoms. The highest BCUT2D eigenvalue weighted by Crippen LogP contribution is 2.31. The molecule has 4 rings (SSSR count). The first-order valence-corrected chi connectivity index (χ1v) is 9.64. The van der Waals surface area contributed by atoms with Crippen molar-refractivity contribution < 1.29 is 4.79 Å². The van der Waals surface area contributed by atoms with Crippen LogP contribution in [0, 0.1) is 0 Å². The smallest absolute Gasteiger partial charge is 0.262 e. The number of carbonyl (C=O) groups excluding carboxylic acids is 1. The van der Waals surface area contributed by atoms with Gasteiger partial charge in [0.15, 0.2) is 5.16 Å². The molecule has 0 spiro atoms. The molecule has 0 saturated heterocycles. The van der Waals surface area contributed by atoms with Gasteiger partial charge >= 0.3 is 0 Å². The van der Waals surface area contributed by atoms with Crippen molar-refractivity contribution in [1.29, 1.82) is 0 Å². The molecule has 25 heavy (non-hydrogen) atoms. The Kier molecular flexibility index (Phi) is 4.33. The average Bonchev–Trinajstić information content (AvgIpc) is 3.04. The largest absolute Gasteiger partial charge is 0.298 e. The number of Topliss-reactive ketones (excluding diaryl/α,β-unsaturated/α-hetero) is 1. The van der Waals surface area contributed by atoms with Crippen molar-refractivity contribution in [2.45, 2.75) is 56.0 Å². The average molecular weight is 356 g/mol. The molecule has 130 valence electrons. The molecule has 1 aromatic carbocycles. The van der Waals surface area contributed by atoms with Gasteiger partial charge in [-0.3, -0.25) is 18.6 Å². The van der Waals surface area contributed by atoms with E-state index in [1.165, 1.54) is 11.8 Å². The third-order valence-corrected chi connectivity index (χ3v) is 5.93. The number of nitrogens with zero attached hydrogens (tertiary/aromatic N) is 4. The second kappa shape index (κ2) is 6.63. The van der Waals surface area contributed by atoms with Gasteiger partial charge in [0.1, 0.15) is 5.78 Å². The maximum absolute atomic E-state index is 12.8. The predicted molar refractivity (Wildman–Crippen MR) is 98.2 cm³/mol. The molecule has 0 bridgehead atoms. The van der Waals surface area contributed by atoms with Crippen LogP contribution in [-0.2, 0) is 11.3 Å². The zero-order chi connectivity index (χ0) is 17.4. The molecule has 6 nitrogen and oxygen atoms in total. The van der Waals surface area contributed by atoms with Crippen molar-refractivity contribution >= 4 is 34.2 Å². The molecular weight excluding hydrogens is 336 g/mol. The molecule has 2 aromatic heterocycles. The Hall–Kier alpha value is -2.15. The number of rotatable bonds is 4. The van der Waals surface area contributed by atoms with Crippen LogP contribution in [0.15, 0.2) is 34.2 Å². The molecule has 1 aliphatic carbocycles. The first-order chi connectivity index (χ1) is 12.2. The van der Waals surface area contributed by atoms with E-state index in [2.05, 4.69) is 10.2 Å². The number of para-hydroxylation sites is 1. The fraction of sp³-hybridized carbons (Fsp3) is 0.444. The third kappa shape index (κ3) is 2.76. The summed E-state index contributed by atoms with van der Waals surface area (Å²) in [5.74, 6) is 0.843. The van der Waals surface area contributed by atoms with E-state index in [0.717, 1.165) is 31.2 Å². The van der Waals surface area contributed by atoms with E-state index in [9.17, 15) is 9.59 Å². The summed E-state index contributed by atoms with van der Waals surface area (Å²) in [5, 5.41) is 9.88. The lowest BCUT2D eigenvalue weighted by molar-refractivity contribution is -0.119. The molecule has 0 unspecified atom stereocenters. The molecule has 1 saturated carbocycles. The number of fused-ring (bicyclic) bond motifs is 3. The standard InChI is InChI=1S/C18H20N4O2S/c1-2-11-21-16(24)12-7-3-4-8-13(12)22-17(21)19-20-18(22)25-15-10-6-5-9-14(15)23/h3-4,7-8,15H,2,5-6,9-11H2,1H3/t15-/m1/s1. The van der Waals surface area contributed by atoms with E-state index >= 15 is 0 Å². The lowest BCUT2D eigenvalue weighted by atomic mass is 9.99. The Bertz CT molecular complexity index is 1010. The molecule has 1 fully saturated rings. The molecule has 1 atom stereocenters. The van der Waals surface area contributed by atoms with E-state index in [1.807, 2.05) is 35.6 Å². The first kappa shape index (κ1) is 16.3. The molecule has 1 aliphatic rings. The number of thioether (sulfide) groups is 1. The van der Waals surface area contributed by atoms with Crippen LogP contribution in [0.25, 0.3) is 16.7 Å². The third-order valence-electron chi connectivity index (χ3n) is 4.67. The molecule has 0 radical (unpaired) electrons. The van der Waals surface area contributed by atoms with Crippen molar-refractivity contribution in [3.63, 3.8) is 0 Å². The summed E-state index contributed by atoms with van der Waals surface area (Å²) in [4.78, 5) is 25.0. The Morgan fingerprint density at radius 1 is 1.20 bits per heavy atom. The summed E-state index contributed by atoms with van der Waals surface area (Å²) in [7, 11) is 0. The number of hydrogen-bond donors (Lipinski definition) is 0. The minimum atomic E-state index is -0.0635. The van der Waals surface area contributed by atoms with Crippen LogP contribution in [0.4, 0.5) is 0 Å². The maximum Gasteiger partial charge on any atom is 0.262 e. The monoisotopic (exact) mass is 356 g/mol. The highest BCUT2D eigenvalue weighted by atomic mass is 32.2. The Balaban J connectivity index is 1.92. The number of aryl methyl sites for hydroxylation is 1. The second-order valence-electron chi connectivity index (χ2n) is 6.41. The lowest BCUT2D eigenvalue weighted by Gasteiger charge is -2.19. The Morgan fingerprint density at radius 2 is 2.04 bits per heavy atom. The molecular formula is C18H20N4O2S. The van der Waals surface area contributed by atoms with Crippen LogP contribution in [0.5, 0.6) is 0 Å². The number of hydrogen-bond acceptors (Lipinski definition) is 5. The maximum atomic E-state index is 12.8. The van der Waals surface area contributed by atoms with Crippen LogP contribution in [-0.4, -0.2) is 30.2 Å².